The summed E-state index contributed by atoms with van der Waals surface area (Å²) in [4.78, 5) is 39.2. The summed E-state index contributed by atoms with van der Waals surface area (Å²) in [5.41, 5.74) is 1.80. The van der Waals surface area contributed by atoms with E-state index < -0.39 is 0 Å². The first-order valence-electron chi connectivity index (χ1n) is 9.46. The molecule has 0 aliphatic rings. The Morgan fingerprint density at radius 3 is 2.90 bits per heavy atom. The van der Waals surface area contributed by atoms with E-state index in [1.807, 2.05) is 30.5 Å². The molecule has 0 saturated carbocycles. The Labute approximate surface area is 176 Å². The number of H-pyrrole nitrogens is 1. The van der Waals surface area contributed by atoms with Crippen LogP contribution in [0.4, 0.5) is 11.8 Å². The van der Waals surface area contributed by atoms with Gasteiger partial charge < -0.3 is 10.6 Å². The van der Waals surface area contributed by atoms with Gasteiger partial charge in [0.1, 0.15) is 5.82 Å². The summed E-state index contributed by atoms with van der Waals surface area (Å²) >= 11 is 1.64. The van der Waals surface area contributed by atoms with E-state index in [-0.39, 0.29) is 24.3 Å². The summed E-state index contributed by atoms with van der Waals surface area (Å²) in [5.74, 6) is 1.05. The monoisotopic (exact) mass is 423 g/mol. The molecule has 10 heteroatoms. The van der Waals surface area contributed by atoms with Gasteiger partial charge in [-0.15, -0.1) is 11.3 Å². The molecule has 0 unspecified atom stereocenters. The van der Waals surface area contributed by atoms with E-state index in [1.165, 1.54) is 4.52 Å². The van der Waals surface area contributed by atoms with Crippen LogP contribution in [0, 0.1) is 13.8 Å². The summed E-state index contributed by atoms with van der Waals surface area (Å²) in [7, 11) is 0. The predicted octanol–water partition coefficient (Wildman–Crippen LogP) is 2.67. The molecular weight excluding hydrogens is 402 g/mol. The average Bonchev–Trinajstić information content (AvgIpc) is 3.35. The molecule has 4 aromatic heterocycles. The van der Waals surface area contributed by atoms with E-state index in [9.17, 15) is 9.59 Å². The number of pyridine rings is 1. The van der Waals surface area contributed by atoms with E-state index in [4.69, 9.17) is 0 Å². The van der Waals surface area contributed by atoms with Crippen LogP contribution in [0.25, 0.3) is 5.78 Å². The third kappa shape index (κ3) is 4.38. The van der Waals surface area contributed by atoms with Crippen molar-refractivity contribution < 1.29 is 4.79 Å². The molecule has 0 aliphatic carbocycles. The third-order valence-corrected chi connectivity index (χ3v) is 5.47. The largest absolute Gasteiger partial charge is 0.350 e. The minimum Gasteiger partial charge on any atom is -0.350 e. The Morgan fingerprint density at radius 1 is 1.27 bits per heavy atom. The van der Waals surface area contributed by atoms with Gasteiger partial charge in [-0.1, -0.05) is 6.07 Å². The Kier molecular flexibility index (Phi) is 5.57. The van der Waals surface area contributed by atoms with Crippen LogP contribution in [0.1, 0.15) is 28.1 Å². The van der Waals surface area contributed by atoms with E-state index >= 15 is 0 Å². The lowest BCUT2D eigenvalue weighted by atomic mass is 10.1. The molecule has 3 N–H and O–H groups in total. The van der Waals surface area contributed by atoms with Crippen LogP contribution < -0.4 is 16.2 Å². The zero-order valence-electron chi connectivity index (χ0n) is 16.6. The van der Waals surface area contributed by atoms with Gasteiger partial charge in [0.25, 0.3) is 11.3 Å². The van der Waals surface area contributed by atoms with E-state index in [1.54, 1.807) is 30.5 Å². The highest BCUT2D eigenvalue weighted by molar-refractivity contribution is 7.09. The van der Waals surface area contributed by atoms with Gasteiger partial charge in [-0.2, -0.15) is 9.50 Å². The first-order valence-corrected chi connectivity index (χ1v) is 10.3. The van der Waals surface area contributed by atoms with Crippen LogP contribution >= 0.6 is 11.3 Å². The van der Waals surface area contributed by atoms with Gasteiger partial charge >= 0.3 is 0 Å². The first-order chi connectivity index (χ1) is 14.5. The summed E-state index contributed by atoms with van der Waals surface area (Å²) < 4.78 is 1.30. The molecular formula is C20H21N7O2S. The maximum atomic E-state index is 12.9. The number of nitrogens with zero attached hydrogens (tertiary/aromatic N) is 4. The number of nitrogens with one attached hydrogen (secondary N) is 3. The average molecular weight is 424 g/mol. The van der Waals surface area contributed by atoms with Gasteiger partial charge in [0, 0.05) is 23.1 Å². The summed E-state index contributed by atoms with van der Waals surface area (Å²) in [6, 6.07) is 7.65. The lowest BCUT2D eigenvalue weighted by Gasteiger charge is -2.06. The van der Waals surface area contributed by atoms with E-state index in [0.29, 0.717) is 35.3 Å². The fourth-order valence-corrected chi connectivity index (χ4v) is 3.70. The number of fused-ring (bicyclic) bond motifs is 1. The minimum atomic E-state index is -0.254. The minimum absolute atomic E-state index is 0.150. The summed E-state index contributed by atoms with van der Waals surface area (Å²) in [6.45, 7) is 4.28. The number of amides is 1. The van der Waals surface area contributed by atoms with Crippen molar-refractivity contribution in [2.45, 2.75) is 33.2 Å². The lowest BCUT2D eigenvalue weighted by Crippen LogP contribution is -2.23. The number of thiophene rings is 1. The molecule has 0 bridgehead atoms. The molecule has 0 aliphatic heterocycles. The molecule has 4 heterocycles. The molecule has 0 aromatic carbocycles. The summed E-state index contributed by atoms with van der Waals surface area (Å²) in [5, 5.41) is 10.9. The number of carbonyl (C=O) groups is 1. The van der Waals surface area contributed by atoms with Gasteiger partial charge in [-0.05, 0) is 49.4 Å². The number of hydrogen-bond acceptors (Lipinski definition) is 7. The highest BCUT2D eigenvalue weighted by Crippen LogP contribution is 2.12. The molecule has 0 radical (unpaired) electrons. The molecule has 0 atom stereocenters. The Balaban J connectivity index is 1.46. The molecule has 154 valence electrons. The van der Waals surface area contributed by atoms with Gasteiger partial charge in [-0.3, -0.25) is 14.7 Å². The van der Waals surface area contributed by atoms with E-state index in [2.05, 4.69) is 30.7 Å². The van der Waals surface area contributed by atoms with E-state index in [0.717, 1.165) is 10.4 Å². The fraction of sp³-hybridized carbons (Fsp3) is 0.250. The van der Waals surface area contributed by atoms with Gasteiger partial charge in [-0.25, -0.2) is 9.97 Å². The predicted molar refractivity (Wildman–Crippen MR) is 116 cm³/mol. The Bertz CT molecular complexity index is 1240. The highest BCUT2D eigenvalue weighted by atomic mass is 32.1. The SMILES string of the molecule is Cc1ccnc(NC(=O)CCc2c(C)nc3nc(NCc4cccs4)[nH]n3c2=O)c1. The van der Waals surface area contributed by atoms with Gasteiger partial charge in [0.2, 0.25) is 11.9 Å². The van der Waals surface area contributed by atoms with Crippen LogP contribution in [0.15, 0.2) is 40.6 Å². The number of hydrogen-bond donors (Lipinski definition) is 3. The van der Waals surface area contributed by atoms with Crippen molar-refractivity contribution in [3.63, 3.8) is 0 Å². The van der Waals surface area contributed by atoms with Crippen LogP contribution in [-0.4, -0.2) is 30.5 Å². The van der Waals surface area contributed by atoms with Crippen molar-refractivity contribution in [1.29, 1.82) is 0 Å². The second-order valence-corrected chi connectivity index (χ2v) is 7.92. The molecule has 0 spiro atoms. The van der Waals surface area contributed by atoms with Crippen LogP contribution in [0.5, 0.6) is 0 Å². The number of aromatic amines is 1. The second kappa shape index (κ2) is 8.46. The van der Waals surface area contributed by atoms with Gasteiger partial charge in [0.15, 0.2) is 0 Å². The number of aryl methyl sites for hydroxylation is 2. The third-order valence-electron chi connectivity index (χ3n) is 4.59. The van der Waals surface area contributed by atoms with Crippen molar-refractivity contribution >= 4 is 34.8 Å². The van der Waals surface area contributed by atoms with Crippen LogP contribution in [0.2, 0.25) is 0 Å². The number of anilines is 2. The van der Waals surface area contributed by atoms with Crippen molar-refractivity contribution in [3.05, 3.63) is 67.9 Å². The molecule has 9 nitrogen and oxygen atoms in total. The van der Waals surface area contributed by atoms with Crippen LogP contribution in [0.3, 0.4) is 0 Å². The molecule has 0 fully saturated rings. The smallest absolute Gasteiger partial charge is 0.277 e. The normalized spacial score (nSPS) is 11.0. The zero-order valence-corrected chi connectivity index (χ0v) is 17.4. The Hall–Kier alpha value is -3.53. The zero-order chi connectivity index (χ0) is 21.1. The van der Waals surface area contributed by atoms with Crippen LogP contribution in [-0.2, 0) is 17.8 Å². The first kappa shape index (κ1) is 19.8. The molecule has 0 saturated heterocycles. The lowest BCUT2D eigenvalue weighted by molar-refractivity contribution is -0.116. The number of rotatable bonds is 7. The molecule has 30 heavy (non-hydrogen) atoms. The fourth-order valence-electron chi connectivity index (χ4n) is 3.05. The number of aromatic nitrogens is 5. The summed E-state index contributed by atoms with van der Waals surface area (Å²) in [6.07, 6.45) is 2.06. The maximum Gasteiger partial charge on any atom is 0.277 e. The van der Waals surface area contributed by atoms with Crippen molar-refractivity contribution in [2.24, 2.45) is 0 Å². The standard InChI is InChI=1S/C20H21N7O2S/c1-12-7-8-21-16(10-12)24-17(28)6-5-15-13(2)23-20-25-19(26-27(20)18(15)29)22-11-14-4-3-9-30-14/h3-4,7-10H,5-6,11H2,1-2H3,(H,21,24,28)(H2,22,23,25,26). The number of carbonyl (C=O) groups excluding carboxylic acids is 1. The maximum absolute atomic E-state index is 12.9. The topological polar surface area (TPSA) is 117 Å². The van der Waals surface area contributed by atoms with Crippen molar-refractivity contribution in [2.75, 3.05) is 10.6 Å². The second-order valence-electron chi connectivity index (χ2n) is 6.89. The van der Waals surface area contributed by atoms with Crippen molar-refractivity contribution in [1.82, 2.24) is 24.6 Å². The van der Waals surface area contributed by atoms with Crippen molar-refractivity contribution in [3.8, 4) is 0 Å². The molecule has 1 amide bonds. The Morgan fingerprint density at radius 2 is 2.13 bits per heavy atom. The molecule has 4 rings (SSSR count). The quantitative estimate of drug-likeness (QED) is 0.421. The highest BCUT2D eigenvalue weighted by Gasteiger charge is 2.15. The molecule has 4 aromatic rings. The van der Waals surface area contributed by atoms with Gasteiger partial charge in [0.05, 0.1) is 12.2 Å².